The molecule has 0 aliphatic rings. The van der Waals surface area contributed by atoms with Gasteiger partial charge in [0.25, 0.3) is 0 Å². The summed E-state index contributed by atoms with van der Waals surface area (Å²) in [4.78, 5) is 10.6. The number of hydrogen-bond donors (Lipinski definition) is 1. The van der Waals surface area contributed by atoms with Crippen molar-refractivity contribution in [3.05, 3.63) is 42.5 Å². The molecule has 0 saturated heterocycles. The molecule has 2 aromatic rings. The number of aliphatic carboxylic acids is 1. The first-order valence-electron chi connectivity index (χ1n) is 4.81. The van der Waals surface area contributed by atoms with Crippen molar-refractivity contribution in [2.75, 3.05) is 0 Å². The van der Waals surface area contributed by atoms with E-state index < -0.39 is 19.7 Å². The van der Waals surface area contributed by atoms with Gasteiger partial charge in [-0.3, -0.25) is 0 Å². The third-order valence-electron chi connectivity index (χ3n) is 2.29. The summed E-state index contributed by atoms with van der Waals surface area (Å²) in [5.41, 5.74) is 0. The van der Waals surface area contributed by atoms with Crippen molar-refractivity contribution in [2.24, 2.45) is 0 Å². The van der Waals surface area contributed by atoms with Crippen LogP contribution in [-0.2, 0) is 4.79 Å². The van der Waals surface area contributed by atoms with Gasteiger partial charge in [0.1, 0.15) is 0 Å². The second-order valence-corrected chi connectivity index (χ2v) is 8.83. The summed E-state index contributed by atoms with van der Waals surface area (Å²) >= 11 is -1.92. The van der Waals surface area contributed by atoms with Crippen molar-refractivity contribution < 1.29 is 9.90 Å². The Kier molecular flexibility index (Phi) is 3.52. The van der Waals surface area contributed by atoms with Crippen LogP contribution in [0.25, 0.3) is 10.8 Å². The molecule has 0 aliphatic heterocycles. The Hall–Kier alpha value is -0.982. The second-order valence-electron chi connectivity index (χ2n) is 3.45. The van der Waals surface area contributed by atoms with Gasteiger partial charge in [-0.15, -0.1) is 0 Å². The average molecular weight is 297 g/mol. The van der Waals surface area contributed by atoms with Crippen LogP contribution in [0.15, 0.2) is 42.5 Å². The molecule has 1 unspecified atom stereocenters. The molecule has 1 atom stereocenters. The standard InChI is InChI=1S/C12H10AsClO2/c14-13(8-12(15)16)11-6-5-9-3-1-2-4-10(9)7-11/h1-7H,8H2,(H,15,16). The Bertz CT molecular complexity index is 527. The molecule has 0 saturated carbocycles. The molecule has 82 valence electrons. The van der Waals surface area contributed by atoms with Gasteiger partial charge in [-0.05, 0) is 0 Å². The SMILES string of the molecule is O=C(O)C[As](Cl)c1ccc2ccccc2c1. The first-order valence-corrected chi connectivity index (χ1v) is 9.54. The van der Waals surface area contributed by atoms with Crippen LogP contribution in [0.5, 0.6) is 0 Å². The van der Waals surface area contributed by atoms with E-state index in [4.69, 9.17) is 15.1 Å². The zero-order valence-electron chi connectivity index (χ0n) is 8.43. The van der Waals surface area contributed by atoms with Crippen LogP contribution in [0.4, 0.5) is 0 Å². The molecule has 0 aromatic heterocycles. The molecule has 0 amide bonds. The summed E-state index contributed by atoms with van der Waals surface area (Å²) in [6, 6.07) is 13.9. The quantitative estimate of drug-likeness (QED) is 0.883. The Balaban J connectivity index is 2.35. The van der Waals surface area contributed by atoms with Crippen LogP contribution in [0.2, 0.25) is 5.21 Å². The van der Waals surface area contributed by atoms with E-state index in [9.17, 15) is 4.79 Å². The molecule has 2 nitrogen and oxygen atoms in total. The topological polar surface area (TPSA) is 37.3 Å². The van der Waals surface area contributed by atoms with Gasteiger partial charge in [-0.2, -0.15) is 0 Å². The molecule has 4 heteroatoms. The van der Waals surface area contributed by atoms with Crippen molar-refractivity contribution in [1.82, 2.24) is 0 Å². The monoisotopic (exact) mass is 296 g/mol. The maximum absolute atomic E-state index is 10.6. The normalized spacial score (nSPS) is 12.6. The van der Waals surface area contributed by atoms with Gasteiger partial charge >= 0.3 is 102 Å². The van der Waals surface area contributed by atoms with Gasteiger partial charge in [0.2, 0.25) is 0 Å². The van der Waals surface area contributed by atoms with Crippen LogP contribution in [0.3, 0.4) is 0 Å². The van der Waals surface area contributed by atoms with Gasteiger partial charge in [0.15, 0.2) is 0 Å². The first kappa shape index (κ1) is 11.5. The van der Waals surface area contributed by atoms with Crippen LogP contribution in [-0.4, -0.2) is 24.8 Å². The zero-order valence-corrected chi connectivity index (χ0v) is 11.1. The minimum atomic E-state index is -1.92. The van der Waals surface area contributed by atoms with Crippen LogP contribution in [0, 0.1) is 0 Å². The molecule has 0 fully saturated rings. The fourth-order valence-electron chi connectivity index (χ4n) is 1.54. The molecular formula is C12H10AsClO2. The number of halogens is 1. The van der Waals surface area contributed by atoms with Gasteiger partial charge in [-0.1, -0.05) is 0 Å². The second kappa shape index (κ2) is 4.90. The third kappa shape index (κ3) is 2.58. The van der Waals surface area contributed by atoms with E-state index >= 15 is 0 Å². The minimum absolute atomic E-state index is 0.0902. The van der Waals surface area contributed by atoms with Crippen molar-refractivity contribution >= 4 is 44.8 Å². The predicted molar refractivity (Wildman–Crippen MR) is 67.6 cm³/mol. The van der Waals surface area contributed by atoms with Crippen molar-refractivity contribution in [1.29, 1.82) is 0 Å². The average Bonchev–Trinajstić information content (AvgIpc) is 2.27. The van der Waals surface area contributed by atoms with Crippen LogP contribution >= 0.6 is 9.95 Å². The Morgan fingerprint density at radius 1 is 1.19 bits per heavy atom. The van der Waals surface area contributed by atoms with Crippen LogP contribution < -0.4 is 4.35 Å². The van der Waals surface area contributed by atoms with Gasteiger partial charge in [-0.25, -0.2) is 0 Å². The molecule has 0 heterocycles. The predicted octanol–water partition coefficient (Wildman–Crippen LogP) is 2.36. The maximum atomic E-state index is 10.6. The van der Waals surface area contributed by atoms with E-state index in [1.165, 1.54) is 0 Å². The molecule has 0 aliphatic carbocycles. The zero-order chi connectivity index (χ0) is 11.5. The van der Waals surface area contributed by atoms with E-state index in [1.807, 2.05) is 42.5 Å². The number of rotatable bonds is 3. The van der Waals surface area contributed by atoms with E-state index in [2.05, 4.69) is 0 Å². The fraction of sp³-hybridized carbons (Fsp3) is 0.0833. The summed E-state index contributed by atoms with van der Waals surface area (Å²) < 4.78 is 0.996. The number of benzene rings is 2. The summed E-state index contributed by atoms with van der Waals surface area (Å²) in [6.45, 7) is 0. The van der Waals surface area contributed by atoms with E-state index in [0.29, 0.717) is 0 Å². The van der Waals surface area contributed by atoms with Gasteiger partial charge < -0.3 is 0 Å². The summed E-state index contributed by atoms with van der Waals surface area (Å²) in [7, 11) is 6.17. The molecule has 0 radical (unpaired) electrons. The Labute approximate surface area is 102 Å². The molecule has 2 rings (SSSR count). The molecule has 2 aromatic carbocycles. The number of carbonyl (C=O) groups is 1. The third-order valence-corrected chi connectivity index (χ3v) is 6.83. The van der Waals surface area contributed by atoms with Crippen molar-refractivity contribution in [2.45, 2.75) is 5.21 Å². The number of fused-ring (bicyclic) bond motifs is 1. The van der Waals surface area contributed by atoms with E-state index in [0.717, 1.165) is 15.1 Å². The van der Waals surface area contributed by atoms with Crippen molar-refractivity contribution in [3.8, 4) is 0 Å². The molecule has 0 spiro atoms. The molecule has 1 N–H and O–H groups in total. The molecule has 16 heavy (non-hydrogen) atoms. The molecule has 0 bridgehead atoms. The summed E-state index contributed by atoms with van der Waals surface area (Å²) in [5.74, 6) is -0.817. The summed E-state index contributed by atoms with van der Waals surface area (Å²) in [6.07, 6.45) is 0. The molecular weight excluding hydrogens is 287 g/mol. The van der Waals surface area contributed by atoms with Crippen LogP contribution in [0.1, 0.15) is 0 Å². The fourth-order valence-corrected chi connectivity index (χ4v) is 4.58. The number of carboxylic acids is 1. The summed E-state index contributed by atoms with van der Waals surface area (Å²) in [5, 5.41) is 11.1. The van der Waals surface area contributed by atoms with Gasteiger partial charge in [0.05, 0.1) is 0 Å². The van der Waals surface area contributed by atoms with Gasteiger partial charge in [0, 0.05) is 0 Å². The number of hydrogen-bond acceptors (Lipinski definition) is 1. The Morgan fingerprint density at radius 2 is 1.88 bits per heavy atom. The Morgan fingerprint density at radius 3 is 2.56 bits per heavy atom. The van der Waals surface area contributed by atoms with Crippen molar-refractivity contribution in [3.63, 3.8) is 0 Å². The number of carboxylic acid groups (broad SMARTS) is 1. The first-order chi connectivity index (χ1) is 7.66. The van der Waals surface area contributed by atoms with E-state index in [1.54, 1.807) is 0 Å². The van der Waals surface area contributed by atoms with E-state index in [-0.39, 0.29) is 5.21 Å².